The van der Waals surface area contributed by atoms with Crippen molar-refractivity contribution in [2.75, 3.05) is 39.4 Å². The van der Waals surface area contributed by atoms with Crippen LogP contribution in [0.3, 0.4) is 0 Å². The highest BCUT2D eigenvalue weighted by Gasteiger charge is 2.10. The summed E-state index contributed by atoms with van der Waals surface area (Å²) in [5, 5.41) is 2.53. The molecular formula is C14H24N2O4. The van der Waals surface area contributed by atoms with Crippen molar-refractivity contribution < 1.29 is 19.1 Å². The monoisotopic (exact) mass is 284 g/mol. The Morgan fingerprint density at radius 3 is 2.50 bits per heavy atom. The molecule has 6 nitrogen and oxygen atoms in total. The van der Waals surface area contributed by atoms with Crippen LogP contribution in [0.4, 0.5) is 4.79 Å². The number of alkyl carbamates (subject to hydrolysis) is 1. The molecule has 0 aromatic carbocycles. The first kappa shape index (κ1) is 16.5. The van der Waals surface area contributed by atoms with Crippen LogP contribution in [0.25, 0.3) is 0 Å². The molecule has 0 saturated carbocycles. The summed E-state index contributed by atoms with van der Waals surface area (Å²) in [6, 6.07) is 0. The van der Waals surface area contributed by atoms with E-state index >= 15 is 0 Å². The normalized spacial score (nSPS) is 15.4. The number of esters is 1. The van der Waals surface area contributed by atoms with Crippen molar-refractivity contribution in [2.24, 2.45) is 0 Å². The summed E-state index contributed by atoms with van der Waals surface area (Å²) in [5.41, 5.74) is 0.342. The molecule has 0 bridgehead atoms. The molecule has 0 spiro atoms. The van der Waals surface area contributed by atoms with E-state index in [1.165, 1.54) is 19.3 Å². The minimum absolute atomic E-state index is 0.118. The van der Waals surface area contributed by atoms with Crippen LogP contribution in [0.5, 0.6) is 0 Å². The minimum Gasteiger partial charge on any atom is -0.460 e. The largest absolute Gasteiger partial charge is 0.460 e. The Kier molecular flexibility index (Phi) is 7.72. The van der Waals surface area contributed by atoms with E-state index in [4.69, 9.17) is 9.47 Å². The Bertz CT molecular complexity index is 338. The van der Waals surface area contributed by atoms with E-state index in [2.05, 4.69) is 16.8 Å². The number of likely N-dealkylation sites (tertiary alicyclic amines) is 1. The van der Waals surface area contributed by atoms with Gasteiger partial charge in [-0.2, -0.15) is 0 Å². The van der Waals surface area contributed by atoms with Gasteiger partial charge >= 0.3 is 12.1 Å². The fraction of sp³-hybridized carbons (Fsp3) is 0.714. The fourth-order valence-corrected chi connectivity index (χ4v) is 1.92. The average Bonchev–Trinajstić information content (AvgIpc) is 2.44. The van der Waals surface area contributed by atoms with Gasteiger partial charge in [-0.3, -0.25) is 4.90 Å². The molecule has 1 heterocycles. The zero-order valence-electron chi connectivity index (χ0n) is 12.2. The summed E-state index contributed by atoms with van der Waals surface area (Å²) in [6.45, 7) is 8.72. The number of piperidine rings is 1. The zero-order valence-corrected chi connectivity index (χ0v) is 12.2. The summed E-state index contributed by atoms with van der Waals surface area (Å²) in [7, 11) is 0. The smallest absolute Gasteiger partial charge is 0.407 e. The van der Waals surface area contributed by atoms with Gasteiger partial charge in [0.2, 0.25) is 0 Å². The highest BCUT2D eigenvalue weighted by Crippen LogP contribution is 2.07. The van der Waals surface area contributed by atoms with Gasteiger partial charge in [0.05, 0.1) is 6.54 Å². The lowest BCUT2D eigenvalue weighted by Crippen LogP contribution is -2.35. The van der Waals surface area contributed by atoms with Crippen LogP contribution in [0.15, 0.2) is 12.2 Å². The Hall–Kier alpha value is -1.56. The molecule has 0 aromatic heterocycles. The highest BCUT2D eigenvalue weighted by atomic mass is 16.6. The number of hydrogen-bond acceptors (Lipinski definition) is 5. The molecule has 1 N–H and O–H groups in total. The molecule has 1 aliphatic heterocycles. The van der Waals surface area contributed by atoms with Gasteiger partial charge in [-0.15, -0.1) is 0 Å². The van der Waals surface area contributed by atoms with Crippen LogP contribution in [-0.4, -0.2) is 56.4 Å². The van der Waals surface area contributed by atoms with Gasteiger partial charge in [0.1, 0.15) is 13.2 Å². The molecule has 0 atom stereocenters. The van der Waals surface area contributed by atoms with Gasteiger partial charge in [0, 0.05) is 12.1 Å². The van der Waals surface area contributed by atoms with E-state index in [0.717, 1.165) is 19.6 Å². The Balaban J connectivity index is 1.97. The number of carbonyl (C=O) groups is 2. The van der Waals surface area contributed by atoms with Crippen molar-refractivity contribution in [1.29, 1.82) is 0 Å². The van der Waals surface area contributed by atoms with Crippen molar-refractivity contribution in [2.45, 2.75) is 26.2 Å². The maximum absolute atomic E-state index is 11.4. The van der Waals surface area contributed by atoms with E-state index in [1.807, 2.05) is 0 Å². The topological polar surface area (TPSA) is 67.9 Å². The first-order valence-corrected chi connectivity index (χ1v) is 7.05. The van der Waals surface area contributed by atoms with Gasteiger partial charge in [-0.05, 0) is 32.9 Å². The van der Waals surface area contributed by atoms with Crippen LogP contribution < -0.4 is 5.32 Å². The fourth-order valence-electron chi connectivity index (χ4n) is 1.92. The molecule has 114 valence electrons. The van der Waals surface area contributed by atoms with E-state index in [9.17, 15) is 9.59 Å². The maximum atomic E-state index is 11.4. The summed E-state index contributed by atoms with van der Waals surface area (Å²) >= 11 is 0. The number of rotatable bonds is 7. The van der Waals surface area contributed by atoms with Gasteiger partial charge in [-0.25, -0.2) is 9.59 Å². The van der Waals surface area contributed by atoms with E-state index in [-0.39, 0.29) is 13.2 Å². The molecule has 0 radical (unpaired) electrons. The molecule has 0 aromatic rings. The lowest BCUT2D eigenvalue weighted by molar-refractivity contribution is -0.138. The molecule has 1 rings (SSSR count). The van der Waals surface area contributed by atoms with Gasteiger partial charge in [0.25, 0.3) is 0 Å². The van der Waals surface area contributed by atoms with Crippen LogP contribution in [0.1, 0.15) is 26.2 Å². The second kappa shape index (κ2) is 9.36. The van der Waals surface area contributed by atoms with E-state index in [0.29, 0.717) is 12.2 Å². The standard InChI is InChI=1S/C14H24N2O4/c1-12(2)13(17)19-10-6-15-14(18)20-11-9-16-7-4-3-5-8-16/h1,3-11H2,2H3,(H,15,18). The quantitative estimate of drug-likeness (QED) is 0.434. The third kappa shape index (κ3) is 7.13. The highest BCUT2D eigenvalue weighted by molar-refractivity contribution is 5.86. The molecule has 0 aliphatic carbocycles. The SMILES string of the molecule is C=C(C)C(=O)OCCNC(=O)OCCN1CCCCC1. The van der Waals surface area contributed by atoms with Crippen molar-refractivity contribution >= 4 is 12.1 Å². The van der Waals surface area contributed by atoms with Gasteiger partial charge in [-0.1, -0.05) is 13.0 Å². The number of carbonyl (C=O) groups excluding carboxylic acids is 2. The van der Waals surface area contributed by atoms with Crippen LogP contribution >= 0.6 is 0 Å². The number of nitrogens with one attached hydrogen (secondary N) is 1. The van der Waals surface area contributed by atoms with Crippen molar-refractivity contribution in [3.63, 3.8) is 0 Å². The Morgan fingerprint density at radius 2 is 1.85 bits per heavy atom. The van der Waals surface area contributed by atoms with E-state index in [1.54, 1.807) is 6.92 Å². The first-order chi connectivity index (χ1) is 9.59. The summed E-state index contributed by atoms with van der Waals surface area (Å²) in [4.78, 5) is 24.7. The summed E-state index contributed by atoms with van der Waals surface area (Å²) < 4.78 is 9.89. The molecule has 0 unspecified atom stereocenters. The lowest BCUT2D eigenvalue weighted by Gasteiger charge is -2.25. The Morgan fingerprint density at radius 1 is 1.15 bits per heavy atom. The van der Waals surface area contributed by atoms with Gasteiger partial charge < -0.3 is 14.8 Å². The average molecular weight is 284 g/mol. The molecule has 1 amide bonds. The van der Waals surface area contributed by atoms with Crippen LogP contribution in [0, 0.1) is 0 Å². The second-order valence-corrected chi connectivity index (χ2v) is 4.88. The predicted octanol–water partition coefficient (Wildman–Crippen LogP) is 1.32. The van der Waals surface area contributed by atoms with Crippen molar-refractivity contribution in [3.8, 4) is 0 Å². The molecule has 1 saturated heterocycles. The third-order valence-corrected chi connectivity index (χ3v) is 3.04. The molecule has 1 fully saturated rings. The van der Waals surface area contributed by atoms with E-state index < -0.39 is 12.1 Å². The molecule has 20 heavy (non-hydrogen) atoms. The third-order valence-electron chi connectivity index (χ3n) is 3.04. The van der Waals surface area contributed by atoms with Crippen LogP contribution in [0.2, 0.25) is 0 Å². The molecule has 1 aliphatic rings. The first-order valence-electron chi connectivity index (χ1n) is 7.05. The zero-order chi connectivity index (χ0) is 14.8. The number of amides is 1. The van der Waals surface area contributed by atoms with Crippen molar-refractivity contribution in [1.82, 2.24) is 10.2 Å². The maximum Gasteiger partial charge on any atom is 0.407 e. The minimum atomic E-state index is -0.478. The second-order valence-electron chi connectivity index (χ2n) is 4.88. The number of ether oxygens (including phenoxy) is 2. The van der Waals surface area contributed by atoms with Crippen LogP contribution in [-0.2, 0) is 14.3 Å². The summed E-state index contributed by atoms with van der Waals surface area (Å²) in [5.74, 6) is -0.453. The lowest BCUT2D eigenvalue weighted by atomic mass is 10.1. The number of hydrogen-bond donors (Lipinski definition) is 1. The molecule has 6 heteroatoms. The molecular weight excluding hydrogens is 260 g/mol. The van der Waals surface area contributed by atoms with Gasteiger partial charge in [0.15, 0.2) is 0 Å². The summed E-state index contributed by atoms with van der Waals surface area (Å²) in [6.07, 6.45) is 3.26. The predicted molar refractivity (Wildman–Crippen MR) is 75.4 cm³/mol. The Labute approximate surface area is 120 Å². The number of nitrogens with zero attached hydrogens (tertiary/aromatic N) is 1. The van der Waals surface area contributed by atoms with Crippen molar-refractivity contribution in [3.05, 3.63) is 12.2 Å².